The van der Waals surface area contributed by atoms with E-state index in [1.54, 1.807) is 24.3 Å². The Morgan fingerprint density at radius 3 is 2.43 bits per heavy atom. The van der Waals surface area contributed by atoms with Gasteiger partial charge < -0.3 is 5.32 Å². The molecule has 0 aliphatic rings. The zero-order valence-electron chi connectivity index (χ0n) is 12.7. The lowest BCUT2D eigenvalue weighted by Crippen LogP contribution is -2.15. The summed E-state index contributed by atoms with van der Waals surface area (Å²) in [6.45, 7) is 2.07. The Morgan fingerprint density at radius 2 is 1.78 bits per heavy atom. The molecule has 0 radical (unpaired) electrons. The molecule has 0 aromatic heterocycles. The van der Waals surface area contributed by atoms with Crippen molar-refractivity contribution in [1.82, 2.24) is 5.48 Å². The van der Waals surface area contributed by atoms with Crippen LogP contribution in [-0.4, -0.2) is 17.0 Å². The Kier molecular flexibility index (Phi) is 5.66. The monoisotopic (exact) mass is 310 g/mol. The predicted octanol–water partition coefficient (Wildman–Crippen LogP) is 3.02. The molecule has 0 heterocycles. The van der Waals surface area contributed by atoms with E-state index in [1.807, 2.05) is 24.3 Å². The van der Waals surface area contributed by atoms with Crippen molar-refractivity contribution in [3.05, 3.63) is 71.3 Å². The molecule has 0 atom stereocenters. The first-order chi connectivity index (χ1) is 11.1. The van der Waals surface area contributed by atoms with E-state index in [0.717, 1.165) is 12.5 Å². The molecule has 118 valence electrons. The van der Waals surface area contributed by atoms with E-state index in [9.17, 15) is 9.59 Å². The first-order valence-electron chi connectivity index (χ1n) is 7.25. The normalized spacial score (nSPS) is 10.5. The fourth-order valence-electron chi connectivity index (χ4n) is 2.07. The van der Waals surface area contributed by atoms with Crippen LogP contribution in [0.15, 0.2) is 54.6 Å². The van der Waals surface area contributed by atoms with Gasteiger partial charge in [0.1, 0.15) is 0 Å². The topological polar surface area (TPSA) is 78.4 Å². The fourth-order valence-corrected chi connectivity index (χ4v) is 2.07. The number of amides is 2. The highest BCUT2D eigenvalue weighted by Crippen LogP contribution is 2.15. The molecule has 23 heavy (non-hydrogen) atoms. The van der Waals surface area contributed by atoms with Gasteiger partial charge >= 0.3 is 0 Å². The molecule has 2 rings (SSSR count). The molecule has 2 aromatic rings. The van der Waals surface area contributed by atoms with Crippen LogP contribution in [0, 0.1) is 0 Å². The molecule has 5 nitrogen and oxygen atoms in total. The van der Waals surface area contributed by atoms with Crippen LogP contribution >= 0.6 is 0 Å². The van der Waals surface area contributed by atoms with Crippen molar-refractivity contribution in [3.63, 3.8) is 0 Å². The summed E-state index contributed by atoms with van der Waals surface area (Å²) in [6.07, 6.45) is 3.57. The quantitative estimate of drug-likeness (QED) is 0.451. The van der Waals surface area contributed by atoms with Crippen molar-refractivity contribution in [2.45, 2.75) is 13.3 Å². The van der Waals surface area contributed by atoms with Crippen molar-refractivity contribution in [2.24, 2.45) is 0 Å². The van der Waals surface area contributed by atoms with Crippen LogP contribution in [0.5, 0.6) is 0 Å². The van der Waals surface area contributed by atoms with Crippen LogP contribution in [0.25, 0.3) is 6.08 Å². The molecule has 0 aliphatic heterocycles. The molecule has 0 bridgehead atoms. The third kappa shape index (κ3) is 4.52. The van der Waals surface area contributed by atoms with E-state index in [2.05, 4.69) is 12.2 Å². The lowest BCUT2D eigenvalue weighted by molar-refractivity contribution is -0.124. The van der Waals surface area contributed by atoms with Crippen LogP contribution in [0.2, 0.25) is 0 Å². The summed E-state index contributed by atoms with van der Waals surface area (Å²) < 4.78 is 0. The van der Waals surface area contributed by atoms with Gasteiger partial charge in [-0.15, -0.1) is 0 Å². The van der Waals surface area contributed by atoms with Gasteiger partial charge in [-0.2, -0.15) is 0 Å². The Balaban J connectivity index is 2.18. The minimum absolute atomic E-state index is 0.265. The maximum atomic E-state index is 12.4. The van der Waals surface area contributed by atoms with E-state index in [0.29, 0.717) is 16.8 Å². The first kappa shape index (κ1) is 16.5. The van der Waals surface area contributed by atoms with Crippen molar-refractivity contribution >= 4 is 23.6 Å². The summed E-state index contributed by atoms with van der Waals surface area (Å²) in [6, 6.07) is 14.5. The van der Waals surface area contributed by atoms with E-state index in [4.69, 9.17) is 5.21 Å². The van der Waals surface area contributed by atoms with Crippen LogP contribution in [0.1, 0.15) is 28.4 Å². The predicted molar refractivity (Wildman–Crippen MR) is 89.2 cm³/mol. The summed E-state index contributed by atoms with van der Waals surface area (Å²) in [7, 11) is 0. The smallest absolute Gasteiger partial charge is 0.267 e. The van der Waals surface area contributed by atoms with Gasteiger partial charge in [0, 0.05) is 17.3 Å². The van der Waals surface area contributed by atoms with Gasteiger partial charge in [-0.05, 0) is 41.8 Å². The molecular weight excluding hydrogens is 292 g/mol. The van der Waals surface area contributed by atoms with Gasteiger partial charge in [-0.1, -0.05) is 37.3 Å². The minimum Gasteiger partial charge on any atom is -0.322 e. The molecule has 0 spiro atoms. The molecule has 0 saturated heterocycles. The number of hydrogen-bond donors (Lipinski definition) is 3. The van der Waals surface area contributed by atoms with Crippen LogP contribution in [0.3, 0.4) is 0 Å². The molecule has 0 unspecified atom stereocenters. The third-order valence-corrected chi connectivity index (χ3v) is 3.35. The Morgan fingerprint density at radius 1 is 1.09 bits per heavy atom. The van der Waals surface area contributed by atoms with Gasteiger partial charge in [-0.3, -0.25) is 14.8 Å². The average Bonchev–Trinajstić information content (AvgIpc) is 2.60. The van der Waals surface area contributed by atoms with Gasteiger partial charge in [0.25, 0.3) is 11.8 Å². The average molecular weight is 310 g/mol. The lowest BCUT2D eigenvalue weighted by atomic mass is 10.1. The van der Waals surface area contributed by atoms with Crippen molar-refractivity contribution < 1.29 is 14.8 Å². The molecule has 2 amide bonds. The highest BCUT2D eigenvalue weighted by Gasteiger charge is 2.09. The summed E-state index contributed by atoms with van der Waals surface area (Å²) in [5.74, 6) is -0.922. The van der Waals surface area contributed by atoms with E-state index < -0.39 is 5.91 Å². The highest BCUT2D eigenvalue weighted by molar-refractivity contribution is 6.07. The van der Waals surface area contributed by atoms with Crippen LogP contribution in [-0.2, 0) is 11.2 Å². The first-order valence-corrected chi connectivity index (χ1v) is 7.25. The maximum absolute atomic E-state index is 12.4. The van der Waals surface area contributed by atoms with Gasteiger partial charge in [0.2, 0.25) is 0 Å². The van der Waals surface area contributed by atoms with Crippen molar-refractivity contribution in [1.29, 1.82) is 0 Å². The summed E-state index contributed by atoms with van der Waals surface area (Å²) in [4.78, 5) is 23.5. The Bertz CT molecular complexity index is 721. The lowest BCUT2D eigenvalue weighted by Gasteiger charge is -2.08. The molecule has 0 fully saturated rings. The summed E-state index contributed by atoms with van der Waals surface area (Å²) >= 11 is 0. The summed E-state index contributed by atoms with van der Waals surface area (Å²) in [5, 5.41) is 11.3. The molecular formula is C18H18N2O3. The number of hydroxylamine groups is 1. The van der Waals surface area contributed by atoms with Gasteiger partial charge in [0.05, 0.1) is 0 Å². The zero-order valence-corrected chi connectivity index (χ0v) is 12.7. The number of benzene rings is 2. The number of hydrogen-bond acceptors (Lipinski definition) is 3. The molecule has 3 N–H and O–H groups in total. The molecule has 0 saturated carbocycles. The molecule has 5 heteroatoms. The number of rotatable bonds is 5. The second-order valence-corrected chi connectivity index (χ2v) is 4.90. The Labute approximate surface area is 134 Å². The largest absolute Gasteiger partial charge is 0.322 e. The second-order valence-electron chi connectivity index (χ2n) is 4.90. The fraction of sp³-hybridized carbons (Fsp3) is 0.111. The zero-order chi connectivity index (χ0) is 16.7. The standard InChI is InChI=1S/C18H18N2O3/c1-2-13-7-10-15(11-8-13)19-18(22)16-6-4-3-5-14(16)9-12-17(21)20-23/h3-12,23H,2H2,1H3,(H,19,22)(H,20,21)/b12-9+. The maximum Gasteiger partial charge on any atom is 0.267 e. The highest BCUT2D eigenvalue weighted by atomic mass is 16.5. The van der Waals surface area contributed by atoms with Crippen LogP contribution < -0.4 is 10.8 Å². The summed E-state index contributed by atoms with van der Waals surface area (Å²) in [5.41, 5.74) is 4.43. The van der Waals surface area contributed by atoms with Crippen LogP contribution in [0.4, 0.5) is 5.69 Å². The molecule has 0 aliphatic carbocycles. The number of anilines is 1. The van der Waals surface area contributed by atoms with E-state index in [-0.39, 0.29) is 5.91 Å². The van der Waals surface area contributed by atoms with E-state index in [1.165, 1.54) is 17.1 Å². The third-order valence-electron chi connectivity index (χ3n) is 3.35. The van der Waals surface area contributed by atoms with E-state index >= 15 is 0 Å². The SMILES string of the molecule is CCc1ccc(NC(=O)c2ccccc2/C=C/C(=O)NO)cc1. The van der Waals surface area contributed by atoms with Gasteiger partial charge in [-0.25, -0.2) is 5.48 Å². The minimum atomic E-state index is -0.657. The number of carbonyl (C=O) groups is 2. The van der Waals surface area contributed by atoms with Crippen molar-refractivity contribution in [2.75, 3.05) is 5.32 Å². The van der Waals surface area contributed by atoms with Gasteiger partial charge in [0.15, 0.2) is 0 Å². The number of nitrogens with one attached hydrogen (secondary N) is 2. The Hall–Kier alpha value is -2.92. The van der Waals surface area contributed by atoms with Crippen molar-refractivity contribution in [3.8, 4) is 0 Å². The number of carbonyl (C=O) groups excluding carboxylic acids is 2. The molecule has 2 aromatic carbocycles. The second kappa shape index (κ2) is 7.91. The number of aryl methyl sites for hydroxylation is 1.